The first-order valence-electron chi connectivity index (χ1n) is 10.4. The molecule has 1 amide bonds. The fourth-order valence-electron chi connectivity index (χ4n) is 3.82. The number of aromatic nitrogens is 5. The van der Waals surface area contributed by atoms with Gasteiger partial charge in [0.1, 0.15) is 5.65 Å². The van der Waals surface area contributed by atoms with Crippen molar-refractivity contribution in [3.8, 4) is 11.3 Å². The lowest BCUT2D eigenvalue weighted by molar-refractivity contribution is -0.122. The Balaban J connectivity index is 1.40. The minimum Gasteiger partial charge on any atom is -0.351 e. The standard InChI is InChI=1S/C22H24N8O/c1-14-10-19(29-28-14)27-22-26-18(12-20-24-8-9-30(20)22)16-5-2-4-15(11-16)13-25-21(31)17-6-3-7-23-17/h2,4-5,8-12,17,23H,3,6-7,13H2,1H3,(H,25,31)(H2,26,27,28,29)/t17-/m0/s1. The number of nitrogens with zero attached hydrogens (tertiary/aromatic N) is 4. The average Bonchev–Trinajstić information content (AvgIpc) is 3.54. The van der Waals surface area contributed by atoms with Gasteiger partial charge in [-0.15, -0.1) is 0 Å². The lowest BCUT2D eigenvalue weighted by Gasteiger charge is -2.12. The third kappa shape index (κ3) is 4.13. The molecule has 0 radical (unpaired) electrons. The number of imidazole rings is 1. The number of aryl methyl sites for hydroxylation is 1. The molecule has 158 valence electrons. The zero-order valence-corrected chi connectivity index (χ0v) is 17.2. The first kappa shape index (κ1) is 19.3. The number of nitrogens with one attached hydrogen (secondary N) is 4. The summed E-state index contributed by atoms with van der Waals surface area (Å²) in [6.07, 6.45) is 5.54. The van der Waals surface area contributed by atoms with Gasteiger partial charge in [-0.25, -0.2) is 9.97 Å². The Labute approximate surface area is 179 Å². The highest BCUT2D eigenvalue weighted by molar-refractivity contribution is 5.82. The monoisotopic (exact) mass is 416 g/mol. The number of H-pyrrole nitrogens is 1. The SMILES string of the molecule is Cc1cc(Nc2nc(-c3cccc(CNC(=O)[C@@H]4CCCN4)c3)cc3nccn23)n[nH]1. The molecule has 1 aliphatic heterocycles. The summed E-state index contributed by atoms with van der Waals surface area (Å²) in [7, 11) is 0. The van der Waals surface area contributed by atoms with Gasteiger partial charge in [-0.3, -0.25) is 14.3 Å². The minimum absolute atomic E-state index is 0.0561. The van der Waals surface area contributed by atoms with Gasteiger partial charge in [0.15, 0.2) is 5.82 Å². The normalized spacial score (nSPS) is 16.0. The summed E-state index contributed by atoms with van der Waals surface area (Å²) >= 11 is 0. The lowest BCUT2D eigenvalue weighted by Crippen LogP contribution is -2.39. The van der Waals surface area contributed by atoms with Gasteiger partial charge in [0, 0.05) is 42.3 Å². The molecule has 1 saturated heterocycles. The van der Waals surface area contributed by atoms with Crippen molar-refractivity contribution in [3.05, 3.63) is 60.0 Å². The van der Waals surface area contributed by atoms with Crippen molar-refractivity contribution in [2.24, 2.45) is 0 Å². The zero-order chi connectivity index (χ0) is 21.2. The number of carbonyl (C=O) groups is 1. The van der Waals surface area contributed by atoms with Gasteiger partial charge in [0.25, 0.3) is 0 Å². The van der Waals surface area contributed by atoms with E-state index in [0.717, 1.165) is 47.5 Å². The van der Waals surface area contributed by atoms with Crippen molar-refractivity contribution < 1.29 is 4.79 Å². The predicted octanol–water partition coefficient (Wildman–Crippen LogP) is 2.54. The van der Waals surface area contributed by atoms with Crippen LogP contribution in [0.3, 0.4) is 0 Å². The Kier molecular flexibility index (Phi) is 5.09. The van der Waals surface area contributed by atoms with Crippen LogP contribution in [0.4, 0.5) is 11.8 Å². The van der Waals surface area contributed by atoms with Crippen molar-refractivity contribution >= 4 is 23.3 Å². The van der Waals surface area contributed by atoms with Crippen LogP contribution in [0, 0.1) is 6.92 Å². The molecule has 3 aromatic heterocycles. The molecular formula is C22H24N8O. The zero-order valence-electron chi connectivity index (χ0n) is 17.2. The van der Waals surface area contributed by atoms with E-state index in [-0.39, 0.29) is 11.9 Å². The fourth-order valence-corrected chi connectivity index (χ4v) is 3.82. The summed E-state index contributed by atoms with van der Waals surface area (Å²) in [5.41, 5.74) is 4.51. The van der Waals surface area contributed by atoms with Crippen LogP contribution < -0.4 is 16.0 Å². The number of amides is 1. The van der Waals surface area contributed by atoms with Crippen LogP contribution in [-0.4, -0.2) is 43.1 Å². The number of anilines is 2. The molecular weight excluding hydrogens is 392 g/mol. The van der Waals surface area contributed by atoms with Gasteiger partial charge in [-0.05, 0) is 37.9 Å². The van der Waals surface area contributed by atoms with E-state index in [2.05, 4.69) is 31.1 Å². The van der Waals surface area contributed by atoms with Gasteiger partial charge < -0.3 is 16.0 Å². The van der Waals surface area contributed by atoms with Crippen LogP contribution in [0.2, 0.25) is 0 Å². The van der Waals surface area contributed by atoms with Crippen molar-refractivity contribution in [1.82, 2.24) is 35.2 Å². The first-order valence-corrected chi connectivity index (χ1v) is 10.4. The minimum atomic E-state index is -0.0768. The van der Waals surface area contributed by atoms with E-state index in [1.165, 1.54) is 0 Å². The Morgan fingerprint density at radius 2 is 2.23 bits per heavy atom. The summed E-state index contributed by atoms with van der Waals surface area (Å²) in [5.74, 6) is 1.37. The smallest absolute Gasteiger partial charge is 0.237 e. The van der Waals surface area contributed by atoms with Gasteiger partial charge in [-0.2, -0.15) is 5.10 Å². The molecule has 1 aliphatic rings. The van der Waals surface area contributed by atoms with Crippen LogP contribution in [0.15, 0.2) is 48.8 Å². The van der Waals surface area contributed by atoms with Crippen LogP contribution in [0.25, 0.3) is 16.9 Å². The highest BCUT2D eigenvalue weighted by Crippen LogP contribution is 2.24. The molecule has 5 rings (SSSR count). The number of rotatable bonds is 6. The fraction of sp³-hybridized carbons (Fsp3) is 0.273. The molecule has 0 unspecified atom stereocenters. The third-order valence-electron chi connectivity index (χ3n) is 5.40. The van der Waals surface area contributed by atoms with Gasteiger partial charge in [0.05, 0.1) is 11.7 Å². The maximum atomic E-state index is 12.3. The van der Waals surface area contributed by atoms with E-state index >= 15 is 0 Å². The van der Waals surface area contributed by atoms with E-state index in [9.17, 15) is 4.79 Å². The number of hydrogen-bond donors (Lipinski definition) is 4. The van der Waals surface area contributed by atoms with E-state index in [1.807, 2.05) is 53.9 Å². The molecule has 4 N–H and O–H groups in total. The average molecular weight is 416 g/mol. The molecule has 9 heteroatoms. The first-order chi connectivity index (χ1) is 15.2. The van der Waals surface area contributed by atoms with Crippen LogP contribution in [0.5, 0.6) is 0 Å². The van der Waals surface area contributed by atoms with Crippen LogP contribution in [0.1, 0.15) is 24.1 Å². The summed E-state index contributed by atoms with van der Waals surface area (Å²) in [5, 5.41) is 16.7. The Hall–Kier alpha value is -3.72. The highest BCUT2D eigenvalue weighted by atomic mass is 16.2. The largest absolute Gasteiger partial charge is 0.351 e. The molecule has 9 nitrogen and oxygen atoms in total. The number of carbonyl (C=O) groups excluding carboxylic acids is 1. The number of hydrogen-bond acceptors (Lipinski definition) is 6. The maximum absolute atomic E-state index is 12.3. The highest BCUT2D eigenvalue weighted by Gasteiger charge is 2.21. The summed E-state index contributed by atoms with van der Waals surface area (Å²) < 4.78 is 1.88. The second-order valence-electron chi connectivity index (χ2n) is 7.75. The van der Waals surface area contributed by atoms with Gasteiger partial charge in [0.2, 0.25) is 11.9 Å². The van der Waals surface area contributed by atoms with Crippen molar-refractivity contribution in [3.63, 3.8) is 0 Å². The van der Waals surface area contributed by atoms with Crippen LogP contribution >= 0.6 is 0 Å². The Morgan fingerprint density at radius 3 is 3.03 bits per heavy atom. The Morgan fingerprint density at radius 1 is 1.29 bits per heavy atom. The summed E-state index contributed by atoms with van der Waals surface area (Å²) in [6.45, 7) is 3.33. The molecule has 1 fully saturated rings. The molecule has 0 saturated carbocycles. The van der Waals surface area contributed by atoms with Crippen molar-refractivity contribution in [2.75, 3.05) is 11.9 Å². The van der Waals surface area contributed by atoms with Crippen molar-refractivity contribution in [2.45, 2.75) is 32.4 Å². The summed E-state index contributed by atoms with van der Waals surface area (Å²) in [6, 6.07) is 11.8. The lowest BCUT2D eigenvalue weighted by atomic mass is 10.1. The molecule has 31 heavy (non-hydrogen) atoms. The topological polar surface area (TPSA) is 112 Å². The van der Waals surface area contributed by atoms with E-state index < -0.39 is 0 Å². The number of aromatic amines is 1. The van der Waals surface area contributed by atoms with E-state index in [4.69, 9.17) is 4.98 Å². The molecule has 0 spiro atoms. The predicted molar refractivity (Wildman–Crippen MR) is 118 cm³/mol. The van der Waals surface area contributed by atoms with E-state index in [1.54, 1.807) is 6.20 Å². The molecule has 0 bridgehead atoms. The molecule has 0 aliphatic carbocycles. The number of benzene rings is 1. The Bertz CT molecular complexity index is 1220. The quantitative estimate of drug-likeness (QED) is 0.384. The molecule has 4 aromatic rings. The van der Waals surface area contributed by atoms with Crippen molar-refractivity contribution in [1.29, 1.82) is 0 Å². The van der Waals surface area contributed by atoms with Gasteiger partial charge in [-0.1, -0.05) is 18.2 Å². The second kappa shape index (κ2) is 8.19. The number of fused-ring (bicyclic) bond motifs is 1. The third-order valence-corrected chi connectivity index (χ3v) is 5.40. The second-order valence-corrected chi connectivity index (χ2v) is 7.75. The van der Waals surface area contributed by atoms with Gasteiger partial charge >= 0.3 is 0 Å². The molecule has 4 heterocycles. The molecule has 1 atom stereocenters. The van der Waals surface area contributed by atoms with Crippen LogP contribution in [-0.2, 0) is 11.3 Å². The molecule has 1 aromatic carbocycles. The van der Waals surface area contributed by atoms with E-state index in [0.29, 0.717) is 18.3 Å². The maximum Gasteiger partial charge on any atom is 0.237 e. The summed E-state index contributed by atoms with van der Waals surface area (Å²) in [4.78, 5) is 21.5.